The highest BCUT2D eigenvalue weighted by Gasteiger charge is 2.08. The summed E-state index contributed by atoms with van der Waals surface area (Å²) in [5.41, 5.74) is 0.276. The molecule has 0 spiro atoms. The molecule has 2 aromatic rings. The number of nitrogens with one attached hydrogen (secondary N) is 1. The van der Waals surface area contributed by atoms with Gasteiger partial charge in [0.1, 0.15) is 16.3 Å². The summed E-state index contributed by atoms with van der Waals surface area (Å²) in [5, 5.41) is 2.41. The molecule has 0 amide bonds. The molecular weight excluding hydrogens is 262 g/mol. The van der Waals surface area contributed by atoms with Crippen molar-refractivity contribution in [3.8, 4) is 0 Å². The molecule has 2 aromatic heterocycles. The van der Waals surface area contributed by atoms with E-state index in [9.17, 15) is 4.79 Å². The topological polar surface area (TPSA) is 67.3 Å². The van der Waals surface area contributed by atoms with E-state index >= 15 is 0 Å². The molecule has 0 saturated heterocycles. The van der Waals surface area contributed by atoms with Crippen LogP contribution in [-0.2, 0) is 4.74 Å². The Labute approximate surface area is 114 Å². The number of thiophene rings is 1. The van der Waals surface area contributed by atoms with Crippen molar-refractivity contribution in [1.29, 1.82) is 0 Å². The van der Waals surface area contributed by atoms with E-state index in [1.807, 2.05) is 12.3 Å². The second-order valence-corrected chi connectivity index (χ2v) is 4.53. The highest BCUT2D eigenvalue weighted by molar-refractivity contribution is 7.16. The van der Waals surface area contributed by atoms with Gasteiger partial charge >= 0.3 is 0 Å². The smallest absolute Gasteiger partial charge is 0.259 e. The molecule has 0 fully saturated rings. The fourth-order valence-electron chi connectivity index (χ4n) is 1.57. The number of H-pyrrole nitrogens is 1. The number of allylic oxidation sites excluding steroid dienone is 2. The van der Waals surface area contributed by atoms with Gasteiger partial charge in [0.05, 0.1) is 12.5 Å². The van der Waals surface area contributed by atoms with Gasteiger partial charge in [-0.05, 0) is 31.2 Å². The first-order valence-corrected chi connectivity index (χ1v) is 6.44. The van der Waals surface area contributed by atoms with E-state index in [-0.39, 0.29) is 5.56 Å². The fraction of sp³-hybridized carbons (Fsp3) is 0.154. The van der Waals surface area contributed by atoms with Crippen LogP contribution < -0.4 is 5.56 Å². The first-order valence-electron chi connectivity index (χ1n) is 5.56. The molecule has 5 nitrogen and oxygen atoms in total. The molecule has 2 heterocycles. The number of rotatable bonds is 4. The van der Waals surface area contributed by atoms with E-state index in [2.05, 4.69) is 21.7 Å². The minimum absolute atomic E-state index is 0.185. The number of hydrogen-bond donors (Lipinski definition) is 1. The number of aliphatic imine (C=N–C) groups is 1. The molecule has 1 N–H and O–H groups in total. The van der Waals surface area contributed by atoms with Crippen LogP contribution in [0.3, 0.4) is 0 Å². The maximum atomic E-state index is 11.9. The van der Waals surface area contributed by atoms with Crippen molar-refractivity contribution in [3.05, 3.63) is 45.5 Å². The molecule has 0 aliphatic heterocycles. The van der Waals surface area contributed by atoms with Crippen LogP contribution in [0.15, 0.2) is 39.1 Å². The summed E-state index contributed by atoms with van der Waals surface area (Å²) in [6.07, 6.45) is 3.46. The molecule has 19 heavy (non-hydrogen) atoms. The quantitative estimate of drug-likeness (QED) is 0.530. The van der Waals surface area contributed by atoms with Gasteiger partial charge in [-0.1, -0.05) is 0 Å². The Morgan fingerprint density at radius 1 is 1.63 bits per heavy atom. The summed E-state index contributed by atoms with van der Waals surface area (Å²) in [6, 6.07) is 1.74. The Kier molecular flexibility index (Phi) is 3.91. The van der Waals surface area contributed by atoms with Gasteiger partial charge in [-0.25, -0.2) is 4.98 Å². The SMILES string of the molecule is C=N/C(=C\C(=C/C)OC)c1nc2sccc2c(=O)[nH]1. The van der Waals surface area contributed by atoms with Gasteiger partial charge in [-0.2, -0.15) is 0 Å². The predicted octanol–water partition coefficient (Wildman–Crippen LogP) is 2.58. The number of aromatic amines is 1. The highest BCUT2D eigenvalue weighted by Crippen LogP contribution is 2.18. The molecule has 0 bridgehead atoms. The zero-order valence-corrected chi connectivity index (χ0v) is 11.5. The van der Waals surface area contributed by atoms with E-state index in [0.29, 0.717) is 27.5 Å². The van der Waals surface area contributed by atoms with Crippen LogP contribution >= 0.6 is 11.3 Å². The van der Waals surface area contributed by atoms with Crippen LogP contribution in [0.25, 0.3) is 15.9 Å². The maximum absolute atomic E-state index is 11.9. The molecular formula is C13H13N3O2S. The minimum atomic E-state index is -0.185. The van der Waals surface area contributed by atoms with Crippen LogP contribution in [0, 0.1) is 0 Å². The van der Waals surface area contributed by atoms with Crippen molar-refractivity contribution >= 4 is 34.0 Å². The Hall–Kier alpha value is -2.21. The van der Waals surface area contributed by atoms with E-state index in [1.54, 1.807) is 25.3 Å². The number of aromatic nitrogens is 2. The summed E-state index contributed by atoms with van der Waals surface area (Å²) >= 11 is 1.41. The Morgan fingerprint density at radius 2 is 2.42 bits per heavy atom. The second-order valence-electron chi connectivity index (χ2n) is 3.64. The monoisotopic (exact) mass is 275 g/mol. The molecule has 0 aliphatic rings. The van der Waals surface area contributed by atoms with Gasteiger partial charge in [-0.15, -0.1) is 11.3 Å². The number of methoxy groups -OCH3 is 1. The lowest BCUT2D eigenvalue weighted by Gasteiger charge is -2.03. The molecule has 2 rings (SSSR count). The van der Waals surface area contributed by atoms with Gasteiger partial charge in [0.25, 0.3) is 5.56 Å². The van der Waals surface area contributed by atoms with Crippen LogP contribution in [0.2, 0.25) is 0 Å². The van der Waals surface area contributed by atoms with Gasteiger partial charge in [0.15, 0.2) is 5.82 Å². The fourth-order valence-corrected chi connectivity index (χ4v) is 2.33. The molecule has 0 atom stereocenters. The van der Waals surface area contributed by atoms with Crippen molar-refractivity contribution < 1.29 is 4.74 Å². The van der Waals surface area contributed by atoms with Crippen molar-refractivity contribution in [2.45, 2.75) is 6.92 Å². The second kappa shape index (κ2) is 5.62. The number of nitrogens with zero attached hydrogens (tertiary/aromatic N) is 2. The number of ether oxygens (including phenoxy) is 1. The average molecular weight is 275 g/mol. The standard InChI is InChI=1S/C13H13N3O2S/c1-4-8(18-3)7-10(14-2)11-15-12(17)9-5-6-19-13(9)16-11/h4-7H,2H2,1,3H3,(H,15,16,17)/b8-4+,10-7-. The van der Waals surface area contributed by atoms with Gasteiger partial charge in [0, 0.05) is 6.08 Å². The minimum Gasteiger partial charge on any atom is -0.497 e. The molecule has 98 valence electrons. The van der Waals surface area contributed by atoms with Crippen molar-refractivity contribution in [3.63, 3.8) is 0 Å². The summed E-state index contributed by atoms with van der Waals surface area (Å²) < 4.78 is 5.14. The van der Waals surface area contributed by atoms with Gasteiger partial charge in [0.2, 0.25) is 0 Å². The van der Waals surface area contributed by atoms with E-state index in [1.165, 1.54) is 11.3 Å². The first kappa shape index (κ1) is 13.2. The lowest BCUT2D eigenvalue weighted by atomic mass is 10.3. The van der Waals surface area contributed by atoms with Crippen LogP contribution in [0.4, 0.5) is 0 Å². The third-order valence-electron chi connectivity index (χ3n) is 2.55. The average Bonchev–Trinajstić information content (AvgIpc) is 2.89. The third-order valence-corrected chi connectivity index (χ3v) is 3.35. The van der Waals surface area contributed by atoms with Gasteiger partial charge < -0.3 is 9.72 Å². The van der Waals surface area contributed by atoms with Crippen LogP contribution in [0.5, 0.6) is 0 Å². The first-order chi connectivity index (χ1) is 9.19. The Bertz CT molecular complexity index is 725. The Balaban J connectivity index is 2.58. The van der Waals surface area contributed by atoms with Gasteiger partial charge in [-0.3, -0.25) is 9.79 Å². The summed E-state index contributed by atoms with van der Waals surface area (Å²) in [4.78, 5) is 23.5. The normalized spacial score (nSPS) is 12.7. The van der Waals surface area contributed by atoms with Crippen molar-refractivity contribution in [1.82, 2.24) is 9.97 Å². The number of hydrogen-bond acceptors (Lipinski definition) is 5. The molecule has 0 radical (unpaired) electrons. The molecule has 0 aliphatic carbocycles. The lowest BCUT2D eigenvalue weighted by molar-refractivity contribution is 0.306. The molecule has 0 saturated carbocycles. The largest absolute Gasteiger partial charge is 0.497 e. The van der Waals surface area contributed by atoms with Crippen molar-refractivity contribution in [2.75, 3.05) is 7.11 Å². The summed E-state index contributed by atoms with van der Waals surface area (Å²) in [5.74, 6) is 1.00. The zero-order chi connectivity index (χ0) is 13.8. The highest BCUT2D eigenvalue weighted by atomic mass is 32.1. The zero-order valence-electron chi connectivity index (χ0n) is 10.6. The predicted molar refractivity (Wildman–Crippen MR) is 78.5 cm³/mol. The lowest BCUT2D eigenvalue weighted by Crippen LogP contribution is -2.09. The number of fused-ring (bicyclic) bond motifs is 1. The molecule has 0 aromatic carbocycles. The van der Waals surface area contributed by atoms with E-state index < -0.39 is 0 Å². The summed E-state index contributed by atoms with van der Waals surface area (Å²) in [6.45, 7) is 5.34. The van der Waals surface area contributed by atoms with Crippen molar-refractivity contribution in [2.24, 2.45) is 4.99 Å². The van der Waals surface area contributed by atoms with E-state index in [4.69, 9.17) is 4.74 Å². The van der Waals surface area contributed by atoms with Crippen LogP contribution in [-0.4, -0.2) is 23.8 Å². The molecule has 0 unspecified atom stereocenters. The summed E-state index contributed by atoms with van der Waals surface area (Å²) in [7, 11) is 1.56. The van der Waals surface area contributed by atoms with Crippen LogP contribution in [0.1, 0.15) is 12.7 Å². The molecule has 6 heteroatoms. The Morgan fingerprint density at radius 3 is 3.05 bits per heavy atom. The third kappa shape index (κ3) is 2.63. The van der Waals surface area contributed by atoms with E-state index in [0.717, 1.165) is 0 Å². The maximum Gasteiger partial charge on any atom is 0.259 e.